The van der Waals surface area contributed by atoms with Gasteiger partial charge in [-0.2, -0.15) is 4.72 Å². The molecule has 0 saturated carbocycles. The van der Waals surface area contributed by atoms with Crippen molar-refractivity contribution in [1.82, 2.24) is 19.6 Å². The van der Waals surface area contributed by atoms with Crippen LogP contribution in [-0.4, -0.2) is 30.9 Å². The lowest BCUT2D eigenvalue weighted by atomic mass is 10.1. The number of carbonyl (C=O) groups is 1. The van der Waals surface area contributed by atoms with Gasteiger partial charge in [0.25, 0.3) is 5.91 Å². The number of hydrogen-bond donors (Lipinski definition) is 2. The summed E-state index contributed by atoms with van der Waals surface area (Å²) in [5.41, 5.74) is -0.573. The monoisotopic (exact) mass is 356 g/mol. The van der Waals surface area contributed by atoms with E-state index in [0.717, 1.165) is 4.88 Å². The predicted octanol–water partition coefficient (Wildman–Crippen LogP) is 1.36. The summed E-state index contributed by atoms with van der Waals surface area (Å²) in [4.78, 5) is 17.0. The Bertz CT molecular complexity index is 834. The van der Waals surface area contributed by atoms with Gasteiger partial charge < -0.3 is 9.88 Å². The number of hydrogen-bond acceptors (Lipinski definition) is 5. The largest absolute Gasteiger partial charge is 0.354 e. The lowest BCUT2D eigenvalue weighted by Gasteiger charge is -2.23. The Balaban J connectivity index is 2.34. The van der Waals surface area contributed by atoms with Crippen LogP contribution in [-0.2, 0) is 22.6 Å². The summed E-state index contributed by atoms with van der Waals surface area (Å²) in [6.45, 7) is 5.43. The Morgan fingerprint density at radius 1 is 1.39 bits per heavy atom. The van der Waals surface area contributed by atoms with Crippen LogP contribution in [0.3, 0.4) is 0 Å². The van der Waals surface area contributed by atoms with Gasteiger partial charge in [0, 0.05) is 31.4 Å². The molecule has 0 atom stereocenters. The fourth-order valence-corrected chi connectivity index (χ4v) is 4.45. The zero-order valence-electron chi connectivity index (χ0n) is 13.7. The second-order valence-electron chi connectivity index (χ2n) is 5.76. The summed E-state index contributed by atoms with van der Waals surface area (Å²) in [5, 5.41) is 3.16. The molecule has 2 aromatic heterocycles. The molecule has 7 nitrogen and oxygen atoms in total. The van der Waals surface area contributed by atoms with Crippen molar-refractivity contribution in [3.05, 3.63) is 34.0 Å². The van der Waals surface area contributed by atoms with Crippen LogP contribution < -0.4 is 10.0 Å². The number of thiazole rings is 1. The van der Waals surface area contributed by atoms with Crippen LogP contribution >= 0.6 is 11.3 Å². The summed E-state index contributed by atoms with van der Waals surface area (Å²) in [6, 6.07) is 1.35. The van der Waals surface area contributed by atoms with E-state index in [9.17, 15) is 13.2 Å². The minimum atomic E-state index is -3.78. The third-order valence-corrected chi connectivity index (χ3v) is 6.15. The highest BCUT2D eigenvalue weighted by Crippen LogP contribution is 2.27. The zero-order valence-corrected chi connectivity index (χ0v) is 15.3. The molecule has 0 aliphatic carbocycles. The fraction of sp³-hybridized carbons (Fsp3) is 0.429. The molecule has 2 aromatic rings. The standard InChI is InChI=1S/C14H20N4O3S2/c1-9-7-16-13(22-9)14(2,3)17-23(20,21)10-6-11(12(19)15-4)18(5)8-10/h6-8,17H,1-5H3,(H,15,19). The van der Waals surface area contributed by atoms with E-state index < -0.39 is 15.6 Å². The first kappa shape index (κ1) is 17.6. The molecule has 1 amide bonds. The SMILES string of the molecule is CNC(=O)c1cc(S(=O)(=O)NC(C)(C)c2ncc(C)s2)cn1C. The molecular weight excluding hydrogens is 336 g/mol. The molecule has 2 N–H and O–H groups in total. The molecule has 0 aliphatic rings. The minimum Gasteiger partial charge on any atom is -0.354 e. The van der Waals surface area contributed by atoms with E-state index in [1.54, 1.807) is 27.1 Å². The summed E-state index contributed by atoms with van der Waals surface area (Å²) in [6.07, 6.45) is 3.12. The molecule has 2 heterocycles. The number of amides is 1. The van der Waals surface area contributed by atoms with E-state index in [1.807, 2.05) is 6.92 Å². The number of rotatable bonds is 5. The molecule has 23 heavy (non-hydrogen) atoms. The molecule has 0 radical (unpaired) electrons. The van der Waals surface area contributed by atoms with E-state index in [0.29, 0.717) is 5.01 Å². The van der Waals surface area contributed by atoms with Crippen molar-refractivity contribution < 1.29 is 13.2 Å². The van der Waals surface area contributed by atoms with Crippen LogP contribution in [0.5, 0.6) is 0 Å². The van der Waals surface area contributed by atoms with Gasteiger partial charge in [0.1, 0.15) is 15.6 Å². The van der Waals surface area contributed by atoms with Gasteiger partial charge in [0.2, 0.25) is 10.0 Å². The summed E-state index contributed by atoms with van der Waals surface area (Å²) < 4.78 is 29.4. The quantitative estimate of drug-likeness (QED) is 0.846. The number of nitrogens with one attached hydrogen (secondary N) is 2. The molecule has 0 fully saturated rings. The number of aromatic nitrogens is 2. The van der Waals surface area contributed by atoms with Crippen molar-refractivity contribution in [2.24, 2.45) is 7.05 Å². The third-order valence-electron chi connectivity index (χ3n) is 3.30. The first-order valence-corrected chi connectivity index (χ1v) is 9.22. The molecule has 0 unspecified atom stereocenters. The van der Waals surface area contributed by atoms with Crippen molar-refractivity contribution in [3.8, 4) is 0 Å². The van der Waals surface area contributed by atoms with Gasteiger partial charge in [-0.25, -0.2) is 13.4 Å². The summed E-state index contributed by atoms with van der Waals surface area (Å²) in [7, 11) is -0.665. The van der Waals surface area contributed by atoms with Crippen molar-refractivity contribution in [2.45, 2.75) is 31.2 Å². The molecule has 0 aromatic carbocycles. The maximum atomic E-state index is 12.6. The number of aryl methyl sites for hydroxylation is 2. The Morgan fingerprint density at radius 3 is 2.57 bits per heavy atom. The van der Waals surface area contributed by atoms with Crippen LogP contribution in [0, 0.1) is 6.92 Å². The number of nitrogens with zero attached hydrogens (tertiary/aromatic N) is 2. The van der Waals surface area contributed by atoms with Gasteiger partial charge >= 0.3 is 0 Å². The topological polar surface area (TPSA) is 93.1 Å². The second-order valence-corrected chi connectivity index (χ2v) is 8.67. The number of carbonyl (C=O) groups excluding carboxylic acids is 1. The van der Waals surface area contributed by atoms with Crippen LogP contribution in [0.1, 0.15) is 34.2 Å². The van der Waals surface area contributed by atoms with Gasteiger partial charge in [0.15, 0.2) is 0 Å². The van der Waals surface area contributed by atoms with Gasteiger partial charge in [-0.05, 0) is 26.8 Å². The van der Waals surface area contributed by atoms with Gasteiger partial charge in [0.05, 0.1) is 5.54 Å². The number of sulfonamides is 1. The van der Waals surface area contributed by atoms with E-state index in [1.165, 1.54) is 35.2 Å². The Kier molecular flexibility index (Phi) is 4.65. The van der Waals surface area contributed by atoms with Gasteiger partial charge in [-0.15, -0.1) is 11.3 Å². The molecule has 0 aliphatic heterocycles. The molecular formula is C14H20N4O3S2. The fourth-order valence-electron chi connectivity index (χ4n) is 2.12. The third kappa shape index (κ3) is 3.62. The highest BCUT2D eigenvalue weighted by atomic mass is 32.2. The van der Waals surface area contributed by atoms with Crippen molar-refractivity contribution in [2.75, 3.05) is 7.05 Å². The molecule has 9 heteroatoms. The van der Waals surface area contributed by atoms with Crippen LogP contribution in [0.15, 0.2) is 23.4 Å². The maximum Gasteiger partial charge on any atom is 0.267 e. The highest BCUT2D eigenvalue weighted by molar-refractivity contribution is 7.89. The van der Waals surface area contributed by atoms with Crippen molar-refractivity contribution >= 4 is 27.3 Å². The smallest absolute Gasteiger partial charge is 0.267 e. The van der Waals surface area contributed by atoms with Gasteiger partial charge in [-0.3, -0.25) is 4.79 Å². The molecule has 0 saturated heterocycles. The molecule has 126 valence electrons. The lowest BCUT2D eigenvalue weighted by Crippen LogP contribution is -2.40. The highest BCUT2D eigenvalue weighted by Gasteiger charge is 2.31. The summed E-state index contributed by atoms with van der Waals surface area (Å²) in [5.74, 6) is -0.344. The first-order chi connectivity index (χ1) is 10.6. The normalized spacial score (nSPS) is 12.4. The Labute approximate surface area is 139 Å². The molecule has 0 spiro atoms. The van der Waals surface area contributed by atoms with Crippen molar-refractivity contribution in [3.63, 3.8) is 0 Å². The lowest BCUT2D eigenvalue weighted by molar-refractivity contribution is 0.0955. The first-order valence-electron chi connectivity index (χ1n) is 6.92. The maximum absolute atomic E-state index is 12.6. The Hall–Kier alpha value is -1.71. The van der Waals surface area contributed by atoms with Crippen molar-refractivity contribution in [1.29, 1.82) is 0 Å². The molecule has 2 rings (SSSR count). The van der Waals surface area contributed by atoms with Gasteiger partial charge in [-0.1, -0.05) is 0 Å². The summed E-state index contributed by atoms with van der Waals surface area (Å²) >= 11 is 1.44. The van der Waals surface area contributed by atoms with E-state index in [2.05, 4.69) is 15.0 Å². The van der Waals surface area contributed by atoms with Crippen LogP contribution in [0.4, 0.5) is 0 Å². The Morgan fingerprint density at radius 2 is 2.04 bits per heavy atom. The second kappa shape index (κ2) is 6.06. The predicted molar refractivity (Wildman–Crippen MR) is 89.0 cm³/mol. The van der Waals surface area contributed by atoms with Crippen LogP contribution in [0.2, 0.25) is 0 Å². The zero-order chi connectivity index (χ0) is 17.4. The minimum absolute atomic E-state index is 0.0416. The van der Waals surface area contributed by atoms with Crippen LogP contribution in [0.25, 0.3) is 0 Å². The van der Waals surface area contributed by atoms with E-state index in [4.69, 9.17) is 0 Å². The average molecular weight is 356 g/mol. The van der Waals surface area contributed by atoms with E-state index in [-0.39, 0.29) is 16.5 Å². The average Bonchev–Trinajstić information content (AvgIpc) is 3.04. The van der Waals surface area contributed by atoms with E-state index >= 15 is 0 Å². The molecule has 0 bridgehead atoms.